The summed E-state index contributed by atoms with van der Waals surface area (Å²) in [5.74, 6) is 0.357. The van der Waals surface area contributed by atoms with E-state index in [0.29, 0.717) is 23.8 Å². The lowest BCUT2D eigenvalue weighted by atomic mass is 10.2. The minimum atomic E-state index is -0.453. The average Bonchev–Trinajstić information content (AvgIpc) is 2.41. The van der Waals surface area contributed by atoms with Crippen molar-refractivity contribution in [2.24, 2.45) is 0 Å². The molecule has 1 aliphatic heterocycles. The van der Waals surface area contributed by atoms with E-state index in [1.165, 1.54) is 4.90 Å². The van der Waals surface area contributed by atoms with Crippen molar-refractivity contribution in [1.29, 1.82) is 0 Å². The zero-order chi connectivity index (χ0) is 13.8. The molecule has 0 saturated carbocycles. The molecular formula is C13H15NO5. The van der Waals surface area contributed by atoms with Crippen LogP contribution in [-0.4, -0.2) is 38.7 Å². The van der Waals surface area contributed by atoms with Gasteiger partial charge in [0, 0.05) is 7.05 Å². The molecule has 0 radical (unpaired) electrons. The second-order valence-electron chi connectivity index (χ2n) is 3.94. The fourth-order valence-electron chi connectivity index (χ4n) is 1.77. The number of carbonyl (C=O) groups is 2. The molecule has 0 atom stereocenters. The first-order valence-electron chi connectivity index (χ1n) is 5.94. The number of esters is 1. The summed E-state index contributed by atoms with van der Waals surface area (Å²) in [7, 11) is 1.64. The Labute approximate surface area is 110 Å². The molecule has 1 amide bonds. The number of benzene rings is 1. The van der Waals surface area contributed by atoms with Gasteiger partial charge in [0.25, 0.3) is 5.91 Å². The van der Waals surface area contributed by atoms with E-state index in [2.05, 4.69) is 0 Å². The number of likely N-dealkylation sites (N-methyl/N-ethyl adjacent to an activating group) is 1. The van der Waals surface area contributed by atoms with Crippen LogP contribution >= 0.6 is 0 Å². The Hall–Kier alpha value is -2.24. The van der Waals surface area contributed by atoms with Gasteiger partial charge < -0.3 is 19.1 Å². The van der Waals surface area contributed by atoms with E-state index in [9.17, 15) is 9.59 Å². The quantitative estimate of drug-likeness (QED) is 0.759. The van der Waals surface area contributed by atoms with Crippen LogP contribution in [0.15, 0.2) is 18.2 Å². The Balaban J connectivity index is 2.18. The molecule has 0 fully saturated rings. The van der Waals surface area contributed by atoms with Crippen LogP contribution in [0, 0.1) is 0 Å². The highest BCUT2D eigenvalue weighted by atomic mass is 16.6. The van der Waals surface area contributed by atoms with Crippen molar-refractivity contribution in [3.05, 3.63) is 18.2 Å². The van der Waals surface area contributed by atoms with Crippen LogP contribution in [0.1, 0.15) is 6.92 Å². The number of amides is 1. The van der Waals surface area contributed by atoms with Crippen LogP contribution in [0.25, 0.3) is 0 Å². The molecule has 6 nitrogen and oxygen atoms in total. The van der Waals surface area contributed by atoms with Gasteiger partial charge in [0.2, 0.25) is 0 Å². The molecular weight excluding hydrogens is 250 g/mol. The lowest BCUT2D eigenvalue weighted by Gasteiger charge is -2.27. The molecule has 0 aromatic heterocycles. The van der Waals surface area contributed by atoms with E-state index in [0.717, 1.165) is 0 Å². The van der Waals surface area contributed by atoms with Crippen LogP contribution in [0.3, 0.4) is 0 Å². The number of hydrogen-bond acceptors (Lipinski definition) is 5. The molecule has 19 heavy (non-hydrogen) atoms. The minimum absolute atomic E-state index is 0.00479. The van der Waals surface area contributed by atoms with Crippen LogP contribution in [-0.2, 0) is 14.3 Å². The molecule has 0 bridgehead atoms. The number of nitrogens with zero attached hydrogens (tertiary/aromatic N) is 1. The van der Waals surface area contributed by atoms with Gasteiger partial charge in [-0.25, -0.2) is 4.79 Å². The molecule has 2 rings (SSSR count). The van der Waals surface area contributed by atoms with Crippen molar-refractivity contribution >= 4 is 17.6 Å². The third kappa shape index (κ3) is 2.78. The monoisotopic (exact) mass is 265 g/mol. The van der Waals surface area contributed by atoms with E-state index < -0.39 is 5.97 Å². The van der Waals surface area contributed by atoms with Crippen LogP contribution < -0.4 is 14.4 Å². The van der Waals surface area contributed by atoms with Gasteiger partial charge in [-0.15, -0.1) is 0 Å². The van der Waals surface area contributed by atoms with E-state index in [4.69, 9.17) is 14.2 Å². The van der Waals surface area contributed by atoms with Gasteiger partial charge in [-0.2, -0.15) is 0 Å². The number of carbonyl (C=O) groups excluding carboxylic acids is 2. The van der Waals surface area contributed by atoms with Gasteiger partial charge >= 0.3 is 5.97 Å². The SMILES string of the molecule is CCOC(=O)COc1cccc2c1N(C)C(=O)CO2. The molecule has 1 aliphatic rings. The van der Waals surface area contributed by atoms with Crippen LogP contribution in [0.2, 0.25) is 0 Å². The summed E-state index contributed by atoms with van der Waals surface area (Å²) in [5, 5.41) is 0. The van der Waals surface area contributed by atoms with Crippen molar-refractivity contribution in [2.75, 3.05) is 31.8 Å². The zero-order valence-electron chi connectivity index (χ0n) is 10.8. The second-order valence-corrected chi connectivity index (χ2v) is 3.94. The first-order valence-corrected chi connectivity index (χ1v) is 5.94. The van der Waals surface area contributed by atoms with Crippen LogP contribution in [0.4, 0.5) is 5.69 Å². The first-order chi connectivity index (χ1) is 9.13. The molecule has 6 heteroatoms. The minimum Gasteiger partial charge on any atom is -0.481 e. The molecule has 0 N–H and O–H groups in total. The van der Waals surface area contributed by atoms with Gasteiger partial charge in [0.15, 0.2) is 13.2 Å². The number of fused-ring (bicyclic) bond motifs is 1. The van der Waals surface area contributed by atoms with Gasteiger partial charge in [-0.1, -0.05) is 6.07 Å². The predicted octanol–water partition coefficient (Wildman–Crippen LogP) is 0.984. The highest BCUT2D eigenvalue weighted by Crippen LogP contribution is 2.39. The highest BCUT2D eigenvalue weighted by molar-refractivity contribution is 5.99. The molecule has 1 aromatic carbocycles. The van der Waals surface area contributed by atoms with Gasteiger partial charge in [-0.3, -0.25) is 4.79 Å². The highest BCUT2D eigenvalue weighted by Gasteiger charge is 2.26. The molecule has 0 unspecified atom stereocenters. The Morgan fingerprint density at radius 2 is 2.26 bits per heavy atom. The summed E-state index contributed by atoms with van der Waals surface area (Å²) in [4.78, 5) is 24.3. The van der Waals surface area contributed by atoms with Crippen molar-refractivity contribution in [3.8, 4) is 11.5 Å². The molecule has 0 spiro atoms. The molecule has 102 valence electrons. The number of ether oxygens (including phenoxy) is 3. The van der Waals surface area contributed by atoms with E-state index in [-0.39, 0.29) is 19.1 Å². The maximum atomic E-state index is 11.6. The number of hydrogen-bond donors (Lipinski definition) is 0. The van der Waals surface area contributed by atoms with Crippen molar-refractivity contribution in [1.82, 2.24) is 0 Å². The fourth-order valence-corrected chi connectivity index (χ4v) is 1.77. The lowest BCUT2D eigenvalue weighted by molar-refractivity contribution is -0.145. The Morgan fingerprint density at radius 1 is 1.47 bits per heavy atom. The lowest BCUT2D eigenvalue weighted by Crippen LogP contribution is -2.35. The third-order valence-corrected chi connectivity index (χ3v) is 2.67. The maximum absolute atomic E-state index is 11.6. The summed E-state index contributed by atoms with van der Waals surface area (Å²) in [6.07, 6.45) is 0. The normalized spacial score (nSPS) is 13.6. The smallest absolute Gasteiger partial charge is 0.344 e. The standard InChI is InChI=1S/C13H15NO5/c1-3-17-12(16)8-19-10-6-4-5-9-13(10)14(2)11(15)7-18-9/h4-6H,3,7-8H2,1-2H3. The Morgan fingerprint density at radius 3 is 3.00 bits per heavy atom. The van der Waals surface area contributed by atoms with Crippen LogP contribution in [0.5, 0.6) is 11.5 Å². The third-order valence-electron chi connectivity index (χ3n) is 2.67. The van der Waals surface area contributed by atoms with E-state index in [1.807, 2.05) is 0 Å². The second kappa shape index (κ2) is 5.60. The molecule has 1 aromatic rings. The Bertz CT molecular complexity index is 500. The molecule has 1 heterocycles. The number of para-hydroxylation sites is 1. The first kappa shape index (κ1) is 13.2. The summed E-state index contributed by atoms with van der Waals surface area (Å²) < 4.78 is 15.5. The number of anilines is 1. The van der Waals surface area contributed by atoms with E-state index in [1.54, 1.807) is 32.2 Å². The topological polar surface area (TPSA) is 65.1 Å². The average molecular weight is 265 g/mol. The van der Waals surface area contributed by atoms with Crippen molar-refractivity contribution < 1.29 is 23.8 Å². The number of rotatable bonds is 4. The maximum Gasteiger partial charge on any atom is 0.344 e. The molecule has 0 aliphatic carbocycles. The zero-order valence-corrected chi connectivity index (χ0v) is 10.8. The summed E-state index contributed by atoms with van der Waals surface area (Å²) >= 11 is 0. The van der Waals surface area contributed by atoms with Gasteiger partial charge in [0.1, 0.15) is 17.2 Å². The van der Waals surface area contributed by atoms with Crippen molar-refractivity contribution in [2.45, 2.75) is 6.92 Å². The van der Waals surface area contributed by atoms with Gasteiger partial charge in [0.05, 0.1) is 6.61 Å². The molecule has 0 saturated heterocycles. The summed E-state index contributed by atoms with van der Waals surface area (Å²) in [6, 6.07) is 5.16. The van der Waals surface area contributed by atoms with Crippen molar-refractivity contribution in [3.63, 3.8) is 0 Å². The predicted molar refractivity (Wildman–Crippen MR) is 67.5 cm³/mol. The fraction of sp³-hybridized carbons (Fsp3) is 0.385. The van der Waals surface area contributed by atoms with E-state index >= 15 is 0 Å². The summed E-state index contributed by atoms with van der Waals surface area (Å²) in [6.45, 7) is 1.83. The summed E-state index contributed by atoms with van der Waals surface area (Å²) in [5.41, 5.74) is 0.531. The Kier molecular flexibility index (Phi) is 3.89. The van der Waals surface area contributed by atoms with Gasteiger partial charge in [-0.05, 0) is 19.1 Å². The largest absolute Gasteiger partial charge is 0.481 e.